The lowest BCUT2D eigenvalue weighted by Gasteiger charge is -2.34. The van der Waals surface area contributed by atoms with Gasteiger partial charge in [0, 0.05) is 51.1 Å². The van der Waals surface area contributed by atoms with Crippen LogP contribution in [0.15, 0.2) is 18.2 Å². The standard InChI is InChI=1S/C19H22F3N3O4/c20-19(21,22)5-3-18(28)25-9-7-24(8-10-25)6-4-15(27)13-1-2-14-16(11-13)29-17(12-26)23-14/h1-2,11-12,17,23H,3-10H2. The van der Waals surface area contributed by atoms with E-state index < -0.39 is 31.2 Å². The summed E-state index contributed by atoms with van der Waals surface area (Å²) in [5, 5.41) is 2.86. The van der Waals surface area contributed by atoms with Crippen molar-refractivity contribution in [3.05, 3.63) is 23.8 Å². The van der Waals surface area contributed by atoms with Gasteiger partial charge in [-0.3, -0.25) is 19.3 Å². The molecule has 1 fully saturated rings. The van der Waals surface area contributed by atoms with Crippen LogP contribution in [-0.4, -0.2) is 72.9 Å². The molecule has 1 amide bonds. The molecule has 0 bridgehead atoms. The minimum absolute atomic E-state index is 0.0744. The second-order valence-electron chi connectivity index (χ2n) is 7.04. The number of alkyl halides is 3. The number of halogens is 3. The largest absolute Gasteiger partial charge is 0.461 e. The highest BCUT2D eigenvalue weighted by molar-refractivity contribution is 5.97. The van der Waals surface area contributed by atoms with E-state index in [4.69, 9.17) is 4.74 Å². The number of hydrogen-bond acceptors (Lipinski definition) is 6. The normalized spacial score (nSPS) is 19.3. The predicted octanol–water partition coefficient (Wildman–Crippen LogP) is 2.08. The van der Waals surface area contributed by atoms with Crippen molar-refractivity contribution in [3.63, 3.8) is 0 Å². The Morgan fingerprint density at radius 1 is 1.17 bits per heavy atom. The zero-order valence-electron chi connectivity index (χ0n) is 15.7. The fourth-order valence-electron chi connectivity index (χ4n) is 3.33. The van der Waals surface area contributed by atoms with Crippen LogP contribution in [0.3, 0.4) is 0 Å². The van der Waals surface area contributed by atoms with Crippen LogP contribution in [0.4, 0.5) is 18.9 Å². The van der Waals surface area contributed by atoms with Crippen molar-refractivity contribution in [2.24, 2.45) is 0 Å². The van der Waals surface area contributed by atoms with Crippen LogP contribution < -0.4 is 10.1 Å². The zero-order chi connectivity index (χ0) is 21.0. The summed E-state index contributed by atoms with van der Waals surface area (Å²) < 4.78 is 42.1. The summed E-state index contributed by atoms with van der Waals surface area (Å²) in [4.78, 5) is 38.5. The first-order chi connectivity index (χ1) is 13.7. The molecule has 1 aromatic carbocycles. The molecule has 1 atom stereocenters. The van der Waals surface area contributed by atoms with E-state index in [1.54, 1.807) is 18.2 Å². The van der Waals surface area contributed by atoms with Crippen molar-refractivity contribution in [2.45, 2.75) is 31.7 Å². The fourth-order valence-corrected chi connectivity index (χ4v) is 3.33. The monoisotopic (exact) mass is 413 g/mol. The van der Waals surface area contributed by atoms with Gasteiger partial charge in [-0.1, -0.05) is 0 Å². The number of Topliss-reactive ketones (excluding diaryl/α,β-unsaturated/α-hetero) is 1. The van der Waals surface area contributed by atoms with Gasteiger partial charge in [0.25, 0.3) is 0 Å². The number of aldehydes is 1. The van der Waals surface area contributed by atoms with E-state index in [9.17, 15) is 27.6 Å². The number of piperazine rings is 1. The molecule has 0 radical (unpaired) electrons. The highest BCUT2D eigenvalue weighted by Gasteiger charge is 2.30. The van der Waals surface area contributed by atoms with Gasteiger partial charge in [-0.25, -0.2) is 0 Å². The summed E-state index contributed by atoms with van der Waals surface area (Å²) in [5.74, 6) is -0.105. The molecule has 0 aromatic heterocycles. The summed E-state index contributed by atoms with van der Waals surface area (Å²) in [6, 6.07) is 4.96. The van der Waals surface area contributed by atoms with Crippen LogP contribution >= 0.6 is 0 Å². The van der Waals surface area contributed by atoms with E-state index >= 15 is 0 Å². The lowest BCUT2D eigenvalue weighted by atomic mass is 10.1. The molecule has 0 aliphatic carbocycles. The van der Waals surface area contributed by atoms with Crippen LogP contribution in [0.1, 0.15) is 29.6 Å². The maximum Gasteiger partial charge on any atom is 0.389 e. The molecule has 29 heavy (non-hydrogen) atoms. The van der Waals surface area contributed by atoms with Crippen molar-refractivity contribution in [2.75, 3.05) is 38.0 Å². The van der Waals surface area contributed by atoms with Gasteiger partial charge in [0.2, 0.25) is 12.1 Å². The van der Waals surface area contributed by atoms with Gasteiger partial charge in [-0.15, -0.1) is 0 Å². The van der Waals surface area contributed by atoms with Gasteiger partial charge >= 0.3 is 6.18 Å². The molecule has 0 spiro atoms. The van der Waals surface area contributed by atoms with Gasteiger partial charge in [-0.2, -0.15) is 13.2 Å². The number of nitrogens with one attached hydrogen (secondary N) is 1. The first-order valence-electron chi connectivity index (χ1n) is 9.38. The number of rotatable bonds is 7. The second-order valence-corrected chi connectivity index (χ2v) is 7.04. The van der Waals surface area contributed by atoms with Gasteiger partial charge in [0.15, 0.2) is 12.1 Å². The summed E-state index contributed by atoms with van der Waals surface area (Å²) in [5.41, 5.74) is 1.14. The fraction of sp³-hybridized carbons (Fsp3) is 0.526. The maximum atomic E-state index is 12.4. The van der Waals surface area contributed by atoms with Crippen LogP contribution in [0.5, 0.6) is 5.75 Å². The highest BCUT2D eigenvalue weighted by Crippen LogP contribution is 2.32. The van der Waals surface area contributed by atoms with E-state index in [0.29, 0.717) is 56.0 Å². The average Bonchev–Trinajstić information content (AvgIpc) is 3.12. The first kappa shape index (κ1) is 21.1. The van der Waals surface area contributed by atoms with E-state index in [-0.39, 0.29) is 12.2 Å². The van der Waals surface area contributed by atoms with Crippen molar-refractivity contribution in [1.29, 1.82) is 0 Å². The van der Waals surface area contributed by atoms with Gasteiger partial charge in [0.1, 0.15) is 5.75 Å². The van der Waals surface area contributed by atoms with E-state index in [2.05, 4.69) is 5.32 Å². The highest BCUT2D eigenvalue weighted by atomic mass is 19.4. The minimum atomic E-state index is -4.33. The number of carbonyl (C=O) groups is 3. The molecule has 1 aromatic rings. The third kappa shape index (κ3) is 5.69. The van der Waals surface area contributed by atoms with E-state index in [1.807, 2.05) is 4.90 Å². The zero-order valence-corrected chi connectivity index (χ0v) is 15.7. The van der Waals surface area contributed by atoms with Crippen LogP contribution in [-0.2, 0) is 9.59 Å². The number of nitrogens with zero attached hydrogens (tertiary/aromatic N) is 2. The molecular formula is C19H22F3N3O4. The Kier molecular flexibility index (Phi) is 6.41. The van der Waals surface area contributed by atoms with Crippen molar-refractivity contribution < 1.29 is 32.3 Å². The van der Waals surface area contributed by atoms with E-state index in [0.717, 1.165) is 0 Å². The second kappa shape index (κ2) is 8.81. The molecule has 2 heterocycles. The number of carbonyl (C=O) groups excluding carboxylic acids is 3. The Morgan fingerprint density at radius 2 is 1.90 bits per heavy atom. The Morgan fingerprint density at radius 3 is 2.55 bits per heavy atom. The van der Waals surface area contributed by atoms with Crippen molar-refractivity contribution in [1.82, 2.24) is 9.80 Å². The summed E-state index contributed by atoms with van der Waals surface area (Å²) >= 11 is 0. The topological polar surface area (TPSA) is 79.0 Å². The molecule has 2 aliphatic rings. The summed E-state index contributed by atoms with van der Waals surface area (Å²) in [7, 11) is 0. The van der Waals surface area contributed by atoms with Gasteiger partial charge in [0.05, 0.1) is 12.1 Å². The first-order valence-corrected chi connectivity index (χ1v) is 9.38. The lowest BCUT2D eigenvalue weighted by molar-refractivity contribution is -0.150. The molecule has 1 N–H and O–H groups in total. The van der Waals surface area contributed by atoms with Crippen LogP contribution in [0, 0.1) is 0 Å². The summed E-state index contributed by atoms with van der Waals surface area (Å²) in [6.45, 7) is 2.25. The third-order valence-electron chi connectivity index (χ3n) is 4.98. The number of fused-ring (bicyclic) bond motifs is 1. The smallest absolute Gasteiger partial charge is 0.389 e. The quantitative estimate of drug-likeness (QED) is 0.545. The van der Waals surface area contributed by atoms with Crippen molar-refractivity contribution in [3.8, 4) is 5.75 Å². The Bertz CT molecular complexity index is 776. The van der Waals surface area contributed by atoms with Gasteiger partial charge < -0.3 is 15.0 Å². The molecule has 1 saturated heterocycles. The lowest BCUT2D eigenvalue weighted by Crippen LogP contribution is -2.49. The predicted molar refractivity (Wildman–Crippen MR) is 97.8 cm³/mol. The number of ether oxygens (including phenoxy) is 1. The van der Waals surface area contributed by atoms with E-state index in [1.165, 1.54) is 4.90 Å². The maximum absolute atomic E-state index is 12.4. The van der Waals surface area contributed by atoms with Gasteiger partial charge in [-0.05, 0) is 18.2 Å². The number of hydrogen-bond donors (Lipinski definition) is 1. The molecule has 0 saturated carbocycles. The molecule has 1 unspecified atom stereocenters. The molecule has 3 rings (SSSR count). The SMILES string of the molecule is O=CC1Nc2ccc(C(=O)CCN3CCN(C(=O)CCC(F)(F)F)CC3)cc2O1. The Hall–Kier alpha value is -2.62. The number of anilines is 1. The molecule has 158 valence electrons. The van der Waals surface area contributed by atoms with Crippen LogP contribution in [0.2, 0.25) is 0 Å². The minimum Gasteiger partial charge on any atom is -0.461 e. The number of benzene rings is 1. The molecular weight excluding hydrogens is 391 g/mol. The number of amides is 1. The third-order valence-corrected chi connectivity index (χ3v) is 4.98. The number of ketones is 1. The molecule has 10 heteroatoms. The average molecular weight is 413 g/mol. The van der Waals surface area contributed by atoms with Crippen LogP contribution in [0.25, 0.3) is 0 Å². The summed E-state index contributed by atoms with van der Waals surface area (Å²) in [6.07, 6.45) is -5.80. The Balaban J connectivity index is 1.42. The Labute approximate surface area is 165 Å². The molecule has 2 aliphatic heterocycles. The molecule has 7 nitrogen and oxygen atoms in total. The van der Waals surface area contributed by atoms with Crippen molar-refractivity contribution >= 4 is 23.7 Å².